The molecular weight excluding hydrogens is 407 g/mol. The zero-order chi connectivity index (χ0) is 21.8. The van der Waals surface area contributed by atoms with Crippen molar-refractivity contribution in [1.82, 2.24) is 0 Å². The van der Waals surface area contributed by atoms with Gasteiger partial charge in [-0.25, -0.2) is 0 Å². The van der Waals surface area contributed by atoms with E-state index in [4.69, 9.17) is 9.47 Å². The first-order chi connectivity index (χ1) is 15.1. The molecule has 0 aliphatic heterocycles. The molecule has 1 N–H and O–H groups in total. The second kappa shape index (κ2) is 9.20. The number of fused-ring (bicyclic) bond motifs is 1. The summed E-state index contributed by atoms with van der Waals surface area (Å²) in [6.07, 6.45) is 4.40. The maximum atomic E-state index is 13.9. The third kappa shape index (κ3) is 4.26. The molecule has 0 saturated carbocycles. The van der Waals surface area contributed by atoms with Gasteiger partial charge in [-0.15, -0.1) is 0 Å². The fourth-order valence-corrected chi connectivity index (χ4v) is 5.41. The first kappa shape index (κ1) is 20.9. The topological polar surface area (TPSA) is 55.8 Å². The van der Waals surface area contributed by atoms with E-state index in [0.717, 1.165) is 22.4 Å². The van der Waals surface area contributed by atoms with E-state index in [1.807, 2.05) is 72.8 Å². The lowest BCUT2D eigenvalue weighted by molar-refractivity contribution is 0.281. The van der Waals surface area contributed by atoms with Crippen LogP contribution in [-0.2, 0) is 20.5 Å². The molecule has 1 aliphatic rings. The van der Waals surface area contributed by atoms with Gasteiger partial charge >= 0.3 is 7.80 Å². The molecule has 4 nitrogen and oxygen atoms in total. The third-order valence-corrected chi connectivity index (χ3v) is 7.12. The fraction of sp³-hybridized carbons (Fsp3) is 0.154. The van der Waals surface area contributed by atoms with Crippen LogP contribution < -0.4 is 5.30 Å². The number of ether oxygens (including phenoxy) is 2. The van der Waals surface area contributed by atoms with Gasteiger partial charge in [-0.2, -0.15) is 0 Å². The number of phenolic OH excluding ortho intramolecular Hbond substituents is 1. The first-order valence-electron chi connectivity index (χ1n) is 10.0. The minimum Gasteiger partial charge on any atom is -0.507 e. The van der Waals surface area contributed by atoms with Gasteiger partial charge in [-0.1, -0.05) is 59.2 Å². The smallest absolute Gasteiger partial charge is 0.389 e. The largest absolute Gasteiger partial charge is 0.507 e. The van der Waals surface area contributed by atoms with E-state index in [9.17, 15) is 9.67 Å². The standard InChI is InChI=1S/C26H23O4P/c1-29-19-15-18-9-3-4-10-21(18)25(30-2)17-20(16-19)31(28)26-14-8-6-12-23(26)22-11-5-7-13-24(22)27/h3-14,16-17,20H,15H2,1-2H3/p+1/b19-16+,25-17+. The predicted molar refractivity (Wildman–Crippen MR) is 125 cm³/mol. The summed E-state index contributed by atoms with van der Waals surface area (Å²) in [6.45, 7) is 0. The van der Waals surface area contributed by atoms with Crippen LogP contribution in [0.4, 0.5) is 0 Å². The van der Waals surface area contributed by atoms with E-state index in [2.05, 4.69) is 0 Å². The van der Waals surface area contributed by atoms with Crippen LogP contribution >= 0.6 is 7.80 Å². The lowest BCUT2D eigenvalue weighted by Gasteiger charge is -2.17. The monoisotopic (exact) mass is 431 g/mol. The Balaban J connectivity index is 1.84. The molecule has 0 heterocycles. The highest BCUT2D eigenvalue weighted by molar-refractivity contribution is 7.55. The van der Waals surface area contributed by atoms with Crippen LogP contribution in [0.2, 0.25) is 0 Å². The van der Waals surface area contributed by atoms with Gasteiger partial charge in [-0.3, -0.25) is 0 Å². The quantitative estimate of drug-likeness (QED) is 0.530. The molecular formula is C26H24O4P+. The number of benzene rings is 3. The Kier molecular flexibility index (Phi) is 6.20. The molecule has 0 bridgehead atoms. The molecule has 3 aromatic carbocycles. The Bertz CT molecular complexity index is 1180. The van der Waals surface area contributed by atoms with Crippen LogP contribution in [0, 0.1) is 0 Å². The SMILES string of the molecule is CO/C1=C/C([P+](=O)c2ccccc2-c2ccccc2O)/C=C(/OC)c2ccccc2C1. The maximum absolute atomic E-state index is 13.9. The van der Waals surface area contributed by atoms with Crippen LogP contribution in [0.1, 0.15) is 11.1 Å². The van der Waals surface area contributed by atoms with Gasteiger partial charge in [0.25, 0.3) is 0 Å². The molecule has 31 heavy (non-hydrogen) atoms. The number of hydrogen-bond acceptors (Lipinski definition) is 4. The number of para-hydroxylation sites is 1. The number of phenols is 1. The summed E-state index contributed by atoms with van der Waals surface area (Å²) < 4.78 is 25.2. The Morgan fingerprint density at radius 1 is 0.806 bits per heavy atom. The highest BCUT2D eigenvalue weighted by Crippen LogP contribution is 2.39. The van der Waals surface area contributed by atoms with E-state index in [-0.39, 0.29) is 5.75 Å². The van der Waals surface area contributed by atoms with Crippen molar-refractivity contribution in [3.05, 3.63) is 102 Å². The second-order valence-electron chi connectivity index (χ2n) is 7.26. The maximum Gasteiger partial charge on any atom is 0.389 e. The van der Waals surface area contributed by atoms with Crippen molar-refractivity contribution in [2.24, 2.45) is 0 Å². The van der Waals surface area contributed by atoms with Crippen LogP contribution in [0.15, 0.2) is 90.7 Å². The summed E-state index contributed by atoms with van der Waals surface area (Å²) in [5, 5.41) is 11.1. The molecule has 156 valence electrons. The minimum absolute atomic E-state index is 0.159. The van der Waals surface area contributed by atoms with Gasteiger partial charge in [0.05, 0.1) is 14.2 Å². The first-order valence-corrected chi connectivity index (χ1v) is 11.4. The van der Waals surface area contributed by atoms with E-state index in [1.165, 1.54) is 0 Å². The van der Waals surface area contributed by atoms with E-state index in [1.54, 1.807) is 26.4 Å². The molecule has 0 radical (unpaired) electrons. The summed E-state index contributed by atoms with van der Waals surface area (Å²) in [7, 11) is 1.36. The number of hydrogen-bond donors (Lipinski definition) is 1. The lowest BCUT2D eigenvalue weighted by atomic mass is 9.99. The molecule has 5 heteroatoms. The van der Waals surface area contributed by atoms with Gasteiger partial charge in [0.2, 0.25) is 5.66 Å². The molecule has 0 amide bonds. The summed E-state index contributed by atoms with van der Waals surface area (Å²) in [5.41, 5.74) is 3.04. The number of rotatable bonds is 5. The molecule has 0 aromatic heterocycles. The van der Waals surface area contributed by atoms with E-state index >= 15 is 0 Å². The van der Waals surface area contributed by atoms with Crippen molar-refractivity contribution >= 4 is 18.9 Å². The molecule has 0 fully saturated rings. The Labute approximate surface area is 183 Å². The van der Waals surface area contributed by atoms with Gasteiger partial charge < -0.3 is 14.6 Å². The van der Waals surface area contributed by atoms with Gasteiger partial charge in [0.15, 0.2) is 5.30 Å². The average Bonchev–Trinajstić information content (AvgIpc) is 2.80. The summed E-state index contributed by atoms with van der Waals surface area (Å²) in [4.78, 5) is 0. The Morgan fingerprint density at radius 3 is 2.16 bits per heavy atom. The summed E-state index contributed by atoms with van der Waals surface area (Å²) in [6, 6.07) is 22.6. The molecule has 1 aliphatic carbocycles. The number of allylic oxidation sites excluding steroid dienone is 3. The van der Waals surface area contributed by atoms with Crippen LogP contribution in [-0.4, -0.2) is 25.0 Å². The Morgan fingerprint density at radius 2 is 1.45 bits per heavy atom. The zero-order valence-electron chi connectivity index (χ0n) is 17.5. The third-order valence-electron chi connectivity index (χ3n) is 5.41. The molecule has 4 rings (SSSR count). The highest BCUT2D eigenvalue weighted by atomic mass is 31.1. The van der Waals surface area contributed by atoms with E-state index < -0.39 is 13.5 Å². The van der Waals surface area contributed by atoms with Gasteiger partial charge in [-0.05, 0) is 23.8 Å². The van der Waals surface area contributed by atoms with Crippen LogP contribution in [0.5, 0.6) is 5.75 Å². The minimum atomic E-state index is -1.91. The molecule has 0 saturated heterocycles. The lowest BCUT2D eigenvalue weighted by Crippen LogP contribution is -2.12. The van der Waals surface area contributed by atoms with Crippen molar-refractivity contribution < 1.29 is 19.1 Å². The molecule has 0 spiro atoms. The average molecular weight is 431 g/mol. The van der Waals surface area contributed by atoms with Crippen molar-refractivity contribution in [3.63, 3.8) is 0 Å². The van der Waals surface area contributed by atoms with Crippen LogP contribution in [0.3, 0.4) is 0 Å². The molecule has 3 aromatic rings. The second-order valence-corrected chi connectivity index (χ2v) is 8.99. The normalized spacial score (nSPS) is 19.5. The highest BCUT2D eigenvalue weighted by Gasteiger charge is 2.35. The number of methoxy groups -OCH3 is 2. The van der Waals surface area contributed by atoms with E-state index in [0.29, 0.717) is 23.0 Å². The van der Waals surface area contributed by atoms with Crippen molar-refractivity contribution in [3.8, 4) is 16.9 Å². The predicted octanol–water partition coefficient (Wildman–Crippen LogP) is 5.65. The number of aromatic hydroxyl groups is 1. The van der Waals surface area contributed by atoms with Crippen molar-refractivity contribution in [1.29, 1.82) is 0 Å². The fourth-order valence-electron chi connectivity index (χ4n) is 3.85. The summed E-state index contributed by atoms with van der Waals surface area (Å²) in [5.74, 6) is 1.61. The van der Waals surface area contributed by atoms with Crippen LogP contribution in [0.25, 0.3) is 16.9 Å². The zero-order valence-corrected chi connectivity index (χ0v) is 18.4. The molecule has 2 unspecified atom stereocenters. The molecule has 2 atom stereocenters. The Hall–Kier alpha value is -3.36. The van der Waals surface area contributed by atoms with Gasteiger partial charge in [0, 0.05) is 35.3 Å². The van der Waals surface area contributed by atoms with Crippen molar-refractivity contribution in [2.45, 2.75) is 12.1 Å². The summed E-state index contributed by atoms with van der Waals surface area (Å²) >= 11 is 0. The van der Waals surface area contributed by atoms with Gasteiger partial charge in [0.1, 0.15) is 17.3 Å². The van der Waals surface area contributed by atoms with Crippen molar-refractivity contribution in [2.75, 3.05) is 14.2 Å².